The van der Waals surface area contributed by atoms with Crippen molar-refractivity contribution in [3.05, 3.63) is 59.4 Å². The molecule has 0 saturated carbocycles. The first-order valence-corrected chi connectivity index (χ1v) is 11.4. The molecule has 3 aromatic heterocycles. The molecule has 5 rings (SSSR count). The maximum atomic E-state index is 12.8. The average Bonchev–Trinajstić information content (AvgIpc) is 3.29. The Morgan fingerprint density at radius 2 is 2.18 bits per heavy atom. The third-order valence-corrected chi connectivity index (χ3v) is 6.23. The van der Waals surface area contributed by atoms with Crippen LogP contribution in [-0.2, 0) is 0 Å². The summed E-state index contributed by atoms with van der Waals surface area (Å²) in [6.45, 7) is 1.77. The van der Waals surface area contributed by atoms with Gasteiger partial charge in [0.2, 0.25) is 0 Å². The molecule has 4 N–H and O–H groups in total. The molecule has 174 valence electrons. The van der Waals surface area contributed by atoms with E-state index in [1.807, 2.05) is 4.68 Å². The average molecular weight is 478 g/mol. The molecule has 1 aromatic carbocycles. The number of pyridine rings is 2. The number of methoxy groups -OCH3 is 1. The van der Waals surface area contributed by atoms with Gasteiger partial charge in [-0.05, 0) is 49.7 Å². The van der Waals surface area contributed by atoms with E-state index in [9.17, 15) is 4.79 Å². The second kappa shape index (κ2) is 9.28. The Bertz CT molecular complexity index is 1350. The largest absolute Gasteiger partial charge is 0.496 e. The second-order valence-corrected chi connectivity index (χ2v) is 8.50. The molecular formula is C24H24ClN7O2. The number of fused-ring (bicyclic) bond motifs is 1. The Kier molecular flexibility index (Phi) is 6.04. The highest BCUT2D eigenvalue weighted by molar-refractivity contribution is 6.35. The molecule has 9 nitrogen and oxygen atoms in total. The number of nitrogens with one attached hydrogen (secondary N) is 2. The smallest absolute Gasteiger partial charge is 0.256 e. The van der Waals surface area contributed by atoms with Crippen molar-refractivity contribution in [3.8, 4) is 17.0 Å². The highest BCUT2D eigenvalue weighted by Gasteiger charge is 2.26. The van der Waals surface area contributed by atoms with Gasteiger partial charge < -0.3 is 21.1 Å². The predicted octanol–water partition coefficient (Wildman–Crippen LogP) is 3.91. The van der Waals surface area contributed by atoms with Gasteiger partial charge >= 0.3 is 0 Å². The molecule has 0 unspecified atom stereocenters. The van der Waals surface area contributed by atoms with E-state index >= 15 is 0 Å². The molecule has 1 fully saturated rings. The number of nitrogen functional groups attached to an aromatic ring is 1. The zero-order valence-electron chi connectivity index (χ0n) is 18.6. The van der Waals surface area contributed by atoms with Crippen LogP contribution >= 0.6 is 11.6 Å². The molecule has 4 heterocycles. The number of ether oxygens (including phenoxy) is 1. The van der Waals surface area contributed by atoms with Crippen molar-refractivity contribution < 1.29 is 9.53 Å². The first kappa shape index (κ1) is 22.1. The molecule has 10 heteroatoms. The van der Waals surface area contributed by atoms with E-state index in [0.717, 1.165) is 31.4 Å². The number of anilines is 2. The van der Waals surface area contributed by atoms with Crippen molar-refractivity contribution in [2.45, 2.75) is 18.9 Å². The van der Waals surface area contributed by atoms with Gasteiger partial charge in [0.1, 0.15) is 23.1 Å². The first-order chi connectivity index (χ1) is 16.6. The SMILES string of the molecule is COc1cc(C(=O)Nc2ccccn2)ccc1-c1nn([C@@H]2CCCNC2)c2c(Cl)cnc(N)c12. The summed E-state index contributed by atoms with van der Waals surface area (Å²) in [7, 11) is 1.55. The summed E-state index contributed by atoms with van der Waals surface area (Å²) in [4.78, 5) is 21.2. The van der Waals surface area contributed by atoms with Gasteiger partial charge in [-0.2, -0.15) is 5.10 Å². The van der Waals surface area contributed by atoms with Crippen LogP contribution in [0, 0.1) is 0 Å². The monoisotopic (exact) mass is 477 g/mol. The molecule has 0 radical (unpaired) electrons. The number of nitrogens with two attached hydrogens (primary N) is 1. The van der Waals surface area contributed by atoms with Crippen molar-refractivity contribution in [3.63, 3.8) is 0 Å². The van der Waals surface area contributed by atoms with E-state index < -0.39 is 0 Å². The molecule has 0 aliphatic carbocycles. The number of aromatic nitrogens is 4. The molecule has 1 amide bonds. The molecule has 1 atom stereocenters. The quantitative estimate of drug-likeness (QED) is 0.398. The molecule has 1 saturated heterocycles. The minimum absolute atomic E-state index is 0.138. The van der Waals surface area contributed by atoms with E-state index in [1.165, 1.54) is 0 Å². The van der Waals surface area contributed by atoms with E-state index in [-0.39, 0.29) is 11.9 Å². The topological polar surface area (TPSA) is 120 Å². The van der Waals surface area contributed by atoms with Gasteiger partial charge in [0.25, 0.3) is 5.91 Å². The van der Waals surface area contributed by atoms with Crippen LogP contribution in [0.25, 0.3) is 22.2 Å². The highest BCUT2D eigenvalue weighted by atomic mass is 35.5. The van der Waals surface area contributed by atoms with Crippen molar-refractivity contribution in [2.24, 2.45) is 0 Å². The zero-order chi connectivity index (χ0) is 23.7. The van der Waals surface area contributed by atoms with E-state index in [1.54, 1.807) is 55.9 Å². The Morgan fingerprint density at radius 3 is 2.91 bits per heavy atom. The fraction of sp³-hybridized carbons (Fsp3) is 0.250. The summed E-state index contributed by atoms with van der Waals surface area (Å²) in [5.41, 5.74) is 8.79. The second-order valence-electron chi connectivity index (χ2n) is 8.09. The van der Waals surface area contributed by atoms with E-state index in [0.29, 0.717) is 44.6 Å². The van der Waals surface area contributed by atoms with Gasteiger partial charge in [-0.25, -0.2) is 9.97 Å². The normalized spacial score (nSPS) is 15.9. The minimum atomic E-state index is -0.295. The van der Waals surface area contributed by atoms with Crippen LogP contribution in [-0.4, -0.2) is 45.9 Å². The van der Waals surface area contributed by atoms with Crippen molar-refractivity contribution >= 4 is 40.0 Å². The lowest BCUT2D eigenvalue weighted by Crippen LogP contribution is -2.32. The van der Waals surface area contributed by atoms with Gasteiger partial charge in [-0.1, -0.05) is 17.7 Å². The number of rotatable bonds is 5. The van der Waals surface area contributed by atoms with Crippen LogP contribution in [0.1, 0.15) is 29.2 Å². The summed E-state index contributed by atoms with van der Waals surface area (Å²) in [5, 5.41) is 12.3. The lowest BCUT2D eigenvalue weighted by atomic mass is 10.0. The number of halogens is 1. The van der Waals surface area contributed by atoms with Crippen LogP contribution in [0.5, 0.6) is 5.75 Å². The summed E-state index contributed by atoms with van der Waals surface area (Å²) in [6.07, 6.45) is 5.19. The number of benzene rings is 1. The number of carbonyl (C=O) groups excluding carboxylic acids is 1. The Morgan fingerprint density at radius 1 is 1.29 bits per heavy atom. The van der Waals surface area contributed by atoms with Crippen molar-refractivity contribution in [1.29, 1.82) is 0 Å². The van der Waals surface area contributed by atoms with Crippen molar-refractivity contribution in [2.75, 3.05) is 31.2 Å². The van der Waals surface area contributed by atoms with Gasteiger partial charge in [0, 0.05) is 23.9 Å². The number of carbonyl (C=O) groups is 1. The van der Waals surface area contributed by atoms with E-state index in [4.69, 9.17) is 27.2 Å². The van der Waals surface area contributed by atoms with Crippen LogP contribution in [0.2, 0.25) is 5.02 Å². The Hall–Kier alpha value is -3.69. The summed E-state index contributed by atoms with van der Waals surface area (Å²) in [6, 6.07) is 10.6. The van der Waals surface area contributed by atoms with Crippen LogP contribution in [0.4, 0.5) is 11.6 Å². The first-order valence-electron chi connectivity index (χ1n) is 11.0. The fourth-order valence-electron chi connectivity index (χ4n) is 4.31. The number of amides is 1. The molecule has 34 heavy (non-hydrogen) atoms. The van der Waals surface area contributed by atoms with Gasteiger partial charge in [0.05, 0.1) is 35.3 Å². The maximum Gasteiger partial charge on any atom is 0.256 e. The highest BCUT2D eigenvalue weighted by Crippen LogP contribution is 2.40. The van der Waals surface area contributed by atoms with Crippen LogP contribution < -0.4 is 21.1 Å². The fourth-order valence-corrected chi connectivity index (χ4v) is 4.54. The third kappa shape index (κ3) is 4.04. The Balaban J connectivity index is 1.59. The Labute approximate surface area is 201 Å². The van der Waals surface area contributed by atoms with Crippen molar-refractivity contribution in [1.82, 2.24) is 25.1 Å². The summed E-state index contributed by atoms with van der Waals surface area (Å²) >= 11 is 6.58. The minimum Gasteiger partial charge on any atom is -0.496 e. The van der Waals surface area contributed by atoms with Gasteiger partial charge in [-0.3, -0.25) is 9.48 Å². The van der Waals surface area contributed by atoms with Crippen LogP contribution in [0.3, 0.4) is 0 Å². The lowest BCUT2D eigenvalue weighted by molar-refractivity contribution is 0.102. The molecule has 0 spiro atoms. The maximum absolute atomic E-state index is 12.8. The molecule has 4 aromatic rings. The summed E-state index contributed by atoms with van der Waals surface area (Å²) < 4.78 is 7.61. The summed E-state index contributed by atoms with van der Waals surface area (Å²) in [5.74, 6) is 0.996. The molecule has 1 aliphatic rings. The lowest BCUT2D eigenvalue weighted by Gasteiger charge is -2.24. The van der Waals surface area contributed by atoms with Gasteiger partial charge in [-0.15, -0.1) is 0 Å². The number of hydrogen-bond donors (Lipinski definition) is 3. The number of hydrogen-bond acceptors (Lipinski definition) is 7. The standard InChI is InChI=1S/C24H24ClN7O2/c1-34-18-11-14(24(33)30-19-6-2-3-10-28-19)7-8-16(18)21-20-22(17(25)13-29-23(20)26)32(31-21)15-5-4-9-27-12-15/h2-3,6-8,10-11,13,15,27H,4-5,9,12H2,1H3,(H2,26,29)(H,28,30,33)/t15-/m1/s1. The van der Waals surface area contributed by atoms with E-state index in [2.05, 4.69) is 20.6 Å². The van der Waals surface area contributed by atoms with Crippen LogP contribution in [0.15, 0.2) is 48.8 Å². The predicted molar refractivity (Wildman–Crippen MR) is 132 cm³/mol. The van der Waals surface area contributed by atoms with Gasteiger partial charge in [0.15, 0.2) is 0 Å². The number of piperidine rings is 1. The molecule has 0 bridgehead atoms. The third-order valence-electron chi connectivity index (χ3n) is 5.95. The zero-order valence-corrected chi connectivity index (χ0v) is 19.3. The number of nitrogens with zero attached hydrogens (tertiary/aromatic N) is 4. The molecule has 1 aliphatic heterocycles. The molecular weight excluding hydrogens is 454 g/mol.